The number of carbonyl (C=O) groups excluding carboxylic acids is 1. The zero-order valence-corrected chi connectivity index (χ0v) is 13.2. The van der Waals surface area contributed by atoms with E-state index < -0.39 is 11.7 Å². The topological polar surface area (TPSA) is 64.9 Å². The van der Waals surface area contributed by atoms with E-state index in [4.69, 9.17) is 0 Å². The van der Waals surface area contributed by atoms with Crippen molar-refractivity contribution in [1.29, 1.82) is 5.26 Å². The second kappa shape index (κ2) is 7.28. The van der Waals surface area contributed by atoms with E-state index >= 15 is 0 Å². The number of nitrogens with zero attached hydrogens (tertiary/aromatic N) is 1. The van der Waals surface area contributed by atoms with Crippen LogP contribution in [0.15, 0.2) is 72.8 Å². The van der Waals surface area contributed by atoms with Gasteiger partial charge in [-0.2, -0.15) is 5.26 Å². The molecule has 0 atom stereocenters. The van der Waals surface area contributed by atoms with Gasteiger partial charge in [-0.3, -0.25) is 4.79 Å². The van der Waals surface area contributed by atoms with Gasteiger partial charge in [-0.1, -0.05) is 30.3 Å². The third-order valence-corrected chi connectivity index (χ3v) is 3.57. The SMILES string of the molecule is N#Cc1cc(NC(=O)c2ccccc2F)ccc1Nc1ccccc1. The number of rotatable bonds is 4. The monoisotopic (exact) mass is 331 g/mol. The number of nitrogens with one attached hydrogen (secondary N) is 2. The van der Waals surface area contributed by atoms with Crippen LogP contribution in [0.5, 0.6) is 0 Å². The lowest BCUT2D eigenvalue weighted by Gasteiger charge is -2.11. The molecule has 0 fully saturated rings. The van der Waals surface area contributed by atoms with E-state index in [2.05, 4.69) is 16.7 Å². The molecule has 0 saturated heterocycles. The van der Waals surface area contributed by atoms with Crippen LogP contribution in [0.3, 0.4) is 0 Å². The van der Waals surface area contributed by atoms with Crippen molar-refractivity contribution >= 4 is 23.0 Å². The van der Waals surface area contributed by atoms with Crippen LogP contribution in [0.2, 0.25) is 0 Å². The van der Waals surface area contributed by atoms with E-state index in [0.29, 0.717) is 16.9 Å². The first-order valence-corrected chi connectivity index (χ1v) is 7.59. The lowest BCUT2D eigenvalue weighted by Crippen LogP contribution is -2.13. The summed E-state index contributed by atoms with van der Waals surface area (Å²) in [6.45, 7) is 0. The molecule has 122 valence electrons. The summed E-state index contributed by atoms with van der Waals surface area (Å²) in [6.07, 6.45) is 0. The highest BCUT2D eigenvalue weighted by Crippen LogP contribution is 2.24. The van der Waals surface area contributed by atoms with Crippen molar-refractivity contribution in [3.05, 3.63) is 89.7 Å². The minimum atomic E-state index is -0.595. The fourth-order valence-electron chi connectivity index (χ4n) is 2.34. The molecule has 0 aliphatic carbocycles. The first kappa shape index (κ1) is 16.2. The Balaban J connectivity index is 1.81. The molecule has 5 heteroatoms. The summed E-state index contributed by atoms with van der Waals surface area (Å²) < 4.78 is 13.7. The Bertz CT molecular complexity index is 949. The number of carbonyl (C=O) groups is 1. The quantitative estimate of drug-likeness (QED) is 0.729. The number of benzene rings is 3. The molecule has 2 N–H and O–H groups in total. The maximum atomic E-state index is 13.7. The van der Waals surface area contributed by atoms with Gasteiger partial charge in [-0.15, -0.1) is 0 Å². The molecule has 0 heterocycles. The average Bonchev–Trinajstić information content (AvgIpc) is 2.64. The number of halogens is 1. The molecule has 25 heavy (non-hydrogen) atoms. The van der Waals surface area contributed by atoms with Crippen LogP contribution < -0.4 is 10.6 Å². The van der Waals surface area contributed by atoms with Crippen LogP contribution in [-0.2, 0) is 0 Å². The Morgan fingerprint density at radius 2 is 1.64 bits per heavy atom. The van der Waals surface area contributed by atoms with Gasteiger partial charge in [0.1, 0.15) is 11.9 Å². The molecule has 0 aliphatic rings. The van der Waals surface area contributed by atoms with Crippen molar-refractivity contribution in [2.24, 2.45) is 0 Å². The number of hydrogen-bond acceptors (Lipinski definition) is 3. The molecule has 0 saturated carbocycles. The molecule has 0 radical (unpaired) electrons. The predicted octanol–water partition coefficient (Wildman–Crippen LogP) is 4.69. The molecule has 3 aromatic carbocycles. The fourth-order valence-corrected chi connectivity index (χ4v) is 2.34. The lowest BCUT2D eigenvalue weighted by atomic mass is 10.1. The van der Waals surface area contributed by atoms with Crippen molar-refractivity contribution in [2.45, 2.75) is 0 Å². The van der Waals surface area contributed by atoms with Gasteiger partial charge in [0.15, 0.2) is 0 Å². The van der Waals surface area contributed by atoms with Gasteiger partial charge in [0.05, 0.1) is 16.8 Å². The normalized spacial score (nSPS) is 9.92. The fraction of sp³-hybridized carbons (Fsp3) is 0. The van der Waals surface area contributed by atoms with Crippen molar-refractivity contribution in [1.82, 2.24) is 0 Å². The van der Waals surface area contributed by atoms with Crippen LogP contribution >= 0.6 is 0 Å². The van der Waals surface area contributed by atoms with Crippen LogP contribution in [0.25, 0.3) is 0 Å². The standard InChI is InChI=1S/C20H14FN3O/c21-18-9-5-4-8-17(18)20(25)24-16-10-11-19(14(12-16)13-22)23-15-6-2-1-3-7-15/h1-12,23H,(H,24,25). The molecule has 3 rings (SSSR count). The summed E-state index contributed by atoms with van der Waals surface area (Å²) in [5.74, 6) is -1.16. The first-order valence-electron chi connectivity index (χ1n) is 7.59. The molecule has 0 unspecified atom stereocenters. The van der Waals surface area contributed by atoms with Gasteiger partial charge in [0.25, 0.3) is 5.91 Å². The Labute approximate surface area is 144 Å². The highest BCUT2D eigenvalue weighted by molar-refractivity contribution is 6.04. The van der Waals surface area contributed by atoms with Crippen LogP contribution in [0.1, 0.15) is 15.9 Å². The zero-order chi connectivity index (χ0) is 17.6. The second-order valence-electron chi connectivity index (χ2n) is 5.30. The number of para-hydroxylation sites is 1. The van der Waals surface area contributed by atoms with Gasteiger partial charge in [-0.05, 0) is 42.5 Å². The third kappa shape index (κ3) is 3.82. The summed E-state index contributed by atoms with van der Waals surface area (Å²) in [7, 11) is 0. The minimum absolute atomic E-state index is 0.0486. The number of nitriles is 1. The lowest BCUT2D eigenvalue weighted by molar-refractivity contribution is 0.102. The molecule has 0 aromatic heterocycles. The zero-order valence-electron chi connectivity index (χ0n) is 13.2. The maximum absolute atomic E-state index is 13.7. The van der Waals surface area contributed by atoms with Crippen LogP contribution in [0, 0.1) is 17.1 Å². The Hall–Kier alpha value is -3.65. The summed E-state index contributed by atoms with van der Waals surface area (Å²) in [5.41, 5.74) is 2.21. The van der Waals surface area contributed by atoms with Crippen LogP contribution in [-0.4, -0.2) is 5.91 Å². The molecule has 0 bridgehead atoms. The van der Waals surface area contributed by atoms with Gasteiger partial charge >= 0.3 is 0 Å². The highest BCUT2D eigenvalue weighted by Gasteiger charge is 2.12. The van der Waals surface area contributed by atoms with Crippen molar-refractivity contribution < 1.29 is 9.18 Å². The highest BCUT2D eigenvalue weighted by atomic mass is 19.1. The molecular formula is C20H14FN3O. The smallest absolute Gasteiger partial charge is 0.258 e. The average molecular weight is 331 g/mol. The molecule has 1 amide bonds. The third-order valence-electron chi connectivity index (χ3n) is 3.57. The van der Waals surface area contributed by atoms with Crippen molar-refractivity contribution in [3.63, 3.8) is 0 Å². The van der Waals surface area contributed by atoms with Crippen molar-refractivity contribution in [2.75, 3.05) is 10.6 Å². The maximum Gasteiger partial charge on any atom is 0.258 e. The van der Waals surface area contributed by atoms with E-state index in [1.165, 1.54) is 18.2 Å². The predicted molar refractivity (Wildman–Crippen MR) is 95.2 cm³/mol. The Morgan fingerprint density at radius 1 is 0.920 bits per heavy atom. The molecule has 0 spiro atoms. The van der Waals surface area contributed by atoms with Gasteiger partial charge in [0.2, 0.25) is 0 Å². The van der Waals surface area contributed by atoms with Gasteiger partial charge in [0, 0.05) is 11.4 Å². The van der Waals surface area contributed by atoms with E-state index in [9.17, 15) is 14.4 Å². The van der Waals surface area contributed by atoms with E-state index in [-0.39, 0.29) is 5.56 Å². The number of hydrogen-bond donors (Lipinski definition) is 2. The summed E-state index contributed by atoms with van der Waals surface area (Å²) in [4.78, 5) is 12.2. The van der Waals surface area contributed by atoms with E-state index in [1.54, 1.807) is 24.3 Å². The molecule has 0 aliphatic heterocycles. The summed E-state index contributed by atoms with van der Waals surface area (Å²) >= 11 is 0. The van der Waals surface area contributed by atoms with Gasteiger partial charge < -0.3 is 10.6 Å². The largest absolute Gasteiger partial charge is 0.354 e. The molecule has 4 nitrogen and oxygen atoms in total. The van der Waals surface area contributed by atoms with Crippen LogP contribution in [0.4, 0.5) is 21.5 Å². The second-order valence-corrected chi connectivity index (χ2v) is 5.30. The van der Waals surface area contributed by atoms with Crippen molar-refractivity contribution in [3.8, 4) is 6.07 Å². The molecular weight excluding hydrogens is 317 g/mol. The minimum Gasteiger partial charge on any atom is -0.354 e. The Morgan fingerprint density at radius 3 is 2.36 bits per heavy atom. The van der Waals surface area contributed by atoms with Gasteiger partial charge in [-0.25, -0.2) is 4.39 Å². The Kier molecular flexibility index (Phi) is 4.72. The summed E-state index contributed by atoms with van der Waals surface area (Å²) in [5, 5.41) is 15.1. The first-order chi connectivity index (χ1) is 12.2. The summed E-state index contributed by atoms with van der Waals surface area (Å²) in [6, 6.07) is 22.2. The number of anilines is 3. The van der Waals surface area contributed by atoms with E-state index in [1.807, 2.05) is 30.3 Å². The molecule has 3 aromatic rings. The number of amides is 1. The van der Waals surface area contributed by atoms with E-state index in [0.717, 1.165) is 5.69 Å².